The first kappa shape index (κ1) is 20.8. The fraction of sp³-hybridized carbons (Fsp3) is 0.375. The molecule has 0 aliphatic carbocycles. The highest BCUT2D eigenvalue weighted by molar-refractivity contribution is 7.92. The first-order valence-corrected chi connectivity index (χ1v) is 11.7. The molecule has 0 aliphatic heterocycles. The van der Waals surface area contributed by atoms with Crippen molar-refractivity contribution >= 4 is 31.2 Å². The molecule has 0 spiro atoms. The molecule has 144 valence electrons. The van der Waals surface area contributed by atoms with Gasteiger partial charge in [-0.3, -0.25) is 0 Å². The van der Waals surface area contributed by atoms with E-state index in [9.17, 15) is 21.9 Å². The number of thiophene rings is 1. The lowest BCUT2D eigenvalue weighted by atomic mass is 10.1. The van der Waals surface area contributed by atoms with Crippen LogP contribution in [0.4, 0.5) is 0 Å². The Labute approximate surface area is 158 Å². The average molecular weight is 419 g/mol. The highest BCUT2D eigenvalue weighted by Crippen LogP contribution is 2.30. The van der Waals surface area contributed by atoms with Crippen molar-refractivity contribution in [2.45, 2.75) is 34.4 Å². The summed E-state index contributed by atoms with van der Waals surface area (Å²) < 4.78 is 48.1. The first-order chi connectivity index (χ1) is 11.9. The average Bonchev–Trinajstić information content (AvgIpc) is 2.99. The number of phenolic OH excluding ortho intramolecular Hbond substituents is 1. The highest BCUT2D eigenvalue weighted by Gasteiger charge is 2.23. The van der Waals surface area contributed by atoms with Crippen molar-refractivity contribution in [2.75, 3.05) is 13.6 Å². The van der Waals surface area contributed by atoms with Crippen LogP contribution in [0.1, 0.15) is 19.4 Å². The van der Waals surface area contributed by atoms with Crippen molar-refractivity contribution in [3.8, 4) is 5.75 Å². The van der Waals surface area contributed by atoms with Gasteiger partial charge in [-0.1, -0.05) is 13.8 Å². The minimum atomic E-state index is -3.96. The summed E-state index contributed by atoms with van der Waals surface area (Å²) in [5.41, 5.74) is 0.483. The Hall–Kier alpha value is -1.46. The number of sulfone groups is 1. The third-order valence-corrected chi connectivity index (χ3v) is 7.89. The maximum Gasteiger partial charge on any atom is 0.247 e. The molecule has 3 N–H and O–H groups in total. The van der Waals surface area contributed by atoms with Gasteiger partial charge >= 0.3 is 0 Å². The number of hydrogen-bond donors (Lipinski definition) is 2. The summed E-state index contributed by atoms with van der Waals surface area (Å²) in [5, 5.41) is 16.3. The van der Waals surface area contributed by atoms with Crippen LogP contribution in [0.15, 0.2) is 43.6 Å². The summed E-state index contributed by atoms with van der Waals surface area (Å²) in [6.07, 6.45) is 0. The van der Waals surface area contributed by atoms with E-state index in [1.54, 1.807) is 0 Å². The van der Waals surface area contributed by atoms with E-state index in [1.165, 1.54) is 23.6 Å². The molecule has 0 unspecified atom stereocenters. The van der Waals surface area contributed by atoms with Gasteiger partial charge in [-0.15, -0.1) is 11.3 Å². The molecule has 1 aromatic heterocycles. The number of aromatic hydroxyl groups is 1. The van der Waals surface area contributed by atoms with E-state index in [0.29, 0.717) is 18.0 Å². The third kappa shape index (κ3) is 4.83. The fourth-order valence-corrected chi connectivity index (χ4v) is 5.92. The van der Waals surface area contributed by atoms with Gasteiger partial charge in [0, 0.05) is 24.0 Å². The first-order valence-electron chi connectivity index (χ1n) is 7.78. The number of nitrogens with two attached hydrogens (primary N) is 1. The van der Waals surface area contributed by atoms with E-state index in [2.05, 4.69) is 13.8 Å². The Morgan fingerprint density at radius 2 is 1.81 bits per heavy atom. The molecule has 2 rings (SSSR count). The molecule has 7 nitrogen and oxygen atoms in total. The van der Waals surface area contributed by atoms with Gasteiger partial charge in [-0.05, 0) is 37.2 Å². The number of rotatable bonds is 7. The quantitative estimate of drug-likeness (QED) is 0.710. The molecule has 0 radical (unpaired) electrons. The monoisotopic (exact) mass is 418 g/mol. The van der Waals surface area contributed by atoms with Gasteiger partial charge in [0.2, 0.25) is 19.9 Å². The highest BCUT2D eigenvalue weighted by atomic mass is 32.2. The second kappa shape index (κ2) is 7.65. The fourth-order valence-electron chi connectivity index (χ4n) is 2.56. The van der Waals surface area contributed by atoms with Crippen LogP contribution in [0.5, 0.6) is 5.75 Å². The molecular weight excluding hydrogens is 396 g/mol. The topological polar surface area (TPSA) is 118 Å². The van der Waals surface area contributed by atoms with Crippen molar-refractivity contribution in [1.82, 2.24) is 4.90 Å². The van der Waals surface area contributed by atoms with Crippen molar-refractivity contribution in [2.24, 2.45) is 11.1 Å². The Balaban J connectivity index is 2.38. The molecule has 10 heteroatoms. The van der Waals surface area contributed by atoms with Crippen molar-refractivity contribution in [3.05, 3.63) is 35.2 Å². The minimum Gasteiger partial charge on any atom is -0.508 e. The Morgan fingerprint density at radius 3 is 2.35 bits per heavy atom. The van der Waals surface area contributed by atoms with Gasteiger partial charge in [-0.25, -0.2) is 22.0 Å². The predicted molar refractivity (Wildman–Crippen MR) is 100 cm³/mol. The van der Waals surface area contributed by atoms with Gasteiger partial charge in [-0.2, -0.15) is 0 Å². The molecule has 0 fully saturated rings. The van der Waals surface area contributed by atoms with Crippen LogP contribution >= 0.6 is 11.3 Å². The van der Waals surface area contributed by atoms with Crippen molar-refractivity contribution in [1.29, 1.82) is 0 Å². The molecule has 0 saturated carbocycles. The number of sulfonamides is 1. The third-order valence-electron chi connectivity index (χ3n) is 3.62. The lowest BCUT2D eigenvalue weighted by molar-refractivity contribution is 0.284. The maximum atomic E-state index is 12.8. The van der Waals surface area contributed by atoms with Crippen molar-refractivity contribution in [3.63, 3.8) is 0 Å². The zero-order valence-corrected chi connectivity index (χ0v) is 17.2. The molecule has 1 aromatic carbocycles. The standard InChI is InChI=1S/C16H22N2O5S3/c1-11(2)8-18(3)9-12-6-13(4-5-15(12)19)25(20,21)14-7-16(24-10-14)26(17,22)23/h4-7,10-11,19H,8-9H2,1-3H3,(H2,17,22,23). The Kier molecular flexibility index (Phi) is 6.13. The van der Waals surface area contributed by atoms with Crippen LogP contribution in [-0.4, -0.2) is 40.4 Å². The normalized spacial score (nSPS) is 12.8. The molecule has 26 heavy (non-hydrogen) atoms. The lowest BCUT2D eigenvalue weighted by Crippen LogP contribution is -2.22. The molecule has 1 heterocycles. The number of nitrogens with zero attached hydrogens (tertiary/aromatic N) is 1. The van der Waals surface area contributed by atoms with Crippen LogP contribution in [0, 0.1) is 5.92 Å². The number of primary sulfonamides is 1. The molecule has 0 aliphatic rings. The second-order valence-corrected chi connectivity index (χ2v) is 11.2. The van der Waals surface area contributed by atoms with E-state index in [1.807, 2.05) is 11.9 Å². The number of benzene rings is 1. The van der Waals surface area contributed by atoms with Gasteiger partial charge in [0.15, 0.2) is 0 Å². The lowest BCUT2D eigenvalue weighted by Gasteiger charge is -2.20. The summed E-state index contributed by atoms with van der Waals surface area (Å²) in [4.78, 5) is 1.83. The Bertz CT molecular complexity index is 995. The van der Waals surface area contributed by atoms with E-state index < -0.39 is 19.9 Å². The zero-order chi connectivity index (χ0) is 19.7. The van der Waals surface area contributed by atoms with E-state index in [-0.39, 0.29) is 19.7 Å². The van der Waals surface area contributed by atoms with Crippen LogP contribution in [0.2, 0.25) is 0 Å². The molecule has 0 atom stereocenters. The Morgan fingerprint density at radius 1 is 1.15 bits per heavy atom. The van der Waals surface area contributed by atoms with E-state index >= 15 is 0 Å². The van der Waals surface area contributed by atoms with Crippen LogP contribution in [0.3, 0.4) is 0 Å². The van der Waals surface area contributed by atoms with Gasteiger partial charge < -0.3 is 10.0 Å². The van der Waals surface area contributed by atoms with Crippen LogP contribution in [0.25, 0.3) is 0 Å². The zero-order valence-electron chi connectivity index (χ0n) is 14.7. The molecule has 0 amide bonds. The summed E-state index contributed by atoms with van der Waals surface area (Å²) in [5.74, 6) is 0.437. The van der Waals surface area contributed by atoms with Gasteiger partial charge in [0.05, 0.1) is 9.79 Å². The van der Waals surface area contributed by atoms with E-state index in [4.69, 9.17) is 5.14 Å². The summed E-state index contributed by atoms with van der Waals surface area (Å²) in [7, 11) is -5.99. The maximum absolute atomic E-state index is 12.8. The van der Waals surface area contributed by atoms with Gasteiger partial charge in [0.25, 0.3) is 0 Å². The summed E-state index contributed by atoms with van der Waals surface area (Å²) >= 11 is 0.753. The predicted octanol–water partition coefficient (Wildman–Crippen LogP) is 2.02. The van der Waals surface area contributed by atoms with E-state index in [0.717, 1.165) is 23.9 Å². The SMILES string of the molecule is CC(C)CN(C)Cc1cc(S(=O)(=O)c2csc(S(N)(=O)=O)c2)ccc1O. The minimum absolute atomic E-state index is 0.00935. The molecule has 2 aromatic rings. The van der Waals surface area contributed by atoms with Crippen LogP contribution in [-0.2, 0) is 26.4 Å². The summed E-state index contributed by atoms with van der Waals surface area (Å²) in [6, 6.07) is 5.09. The van der Waals surface area contributed by atoms with Crippen molar-refractivity contribution < 1.29 is 21.9 Å². The molecule has 0 saturated heterocycles. The molecular formula is C16H22N2O5S3. The number of hydrogen-bond acceptors (Lipinski definition) is 7. The summed E-state index contributed by atoms with van der Waals surface area (Å²) in [6.45, 7) is 5.31. The van der Waals surface area contributed by atoms with Crippen LogP contribution < -0.4 is 5.14 Å². The number of phenols is 1. The molecule has 0 bridgehead atoms. The second-order valence-electron chi connectivity index (χ2n) is 6.53. The largest absolute Gasteiger partial charge is 0.508 e. The smallest absolute Gasteiger partial charge is 0.247 e. The van der Waals surface area contributed by atoms with Gasteiger partial charge in [0.1, 0.15) is 9.96 Å².